The molecule has 0 saturated heterocycles. The zero-order chi connectivity index (χ0) is 23.2. The van der Waals surface area contributed by atoms with Gasteiger partial charge < -0.3 is 14.2 Å². The number of aromatic nitrogens is 1. The Morgan fingerprint density at radius 1 is 1.15 bits per heavy atom. The Balaban J connectivity index is 1.16. The van der Waals surface area contributed by atoms with E-state index >= 15 is 0 Å². The summed E-state index contributed by atoms with van der Waals surface area (Å²) in [6.07, 6.45) is 12.7. The maximum absolute atomic E-state index is 12.6. The largest absolute Gasteiger partial charge is 0.444 e. The number of oxime groups is 1. The molecule has 182 valence electrons. The minimum Gasteiger partial charge on any atom is -0.444 e. The number of Topliss-reactive ketones (excluding diaryl/α,β-unsaturated/α-hetero) is 1. The number of fused-ring (bicyclic) bond motifs is 5. The van der Waals surface area contributed by atoms with Crippen LogP contribution in [0.1, 0.15) is 83.3 Å². The first-order valence-electron chi connectivity index (χ1n) is 13.1. The quantitative estimate of drug-likeness (QED) is 0.432. The van der Waals surface area contributed by atoms with Crippen LogP contribution in [0.3, 0.4) is 0 Å². The van der Waals surface area contributed by atoms with Gasteiger partial charge in [0.1, 0.15) is 18.2 Å². The second-order valence-corrected chi connectivity index (χ2v) is 12.0. The van der Waals surface area contributed by atoms with Crippen LogP contribution in [-0.4, -0.2) is 42.1 Å². The predicted molar refractivity (Wildman–Crippen MR) is 128 cm³/mol. The molecule has 0 aromatic carbocycles. The molecule has 1 heterocycles. The van der Waals surface area contributed by atoms with E-state index in [0.717, 1.165) is 55.6 Å². The highest BCUT2D eigenvalue weighted by Crippen LogP contribution is 2.65. The summed E-state index contributed by atoms with van der Waals surface area (Å²) >= 11 is 0. The maximum atomic E-state index is 12.6. The van der Waals surface area contributed by atoms with E-state index in [4.69, 9.17) is 9.25 Å². The lowest BCUT2D eigenvalue weighted by Gasteiger charge is -2.59. The van der Waals surface area contributed by atoms with Crippen LogP contribution in [0.4, 0.5) is 0 Å². The third-order valence-electron chi connectivity index (χ3n) is 9.89. The van der Waals surface area contributed by atoms with Crippen LogP contribution in [0.2, 0.25) is 0 Å². The second-order valence-electron chi connectivity index (χ2n) is 12.0. The van der Waals surface area contributed by atoms with Crippen molar-refractivity contribution in [2.24, 2.45) is 39.7 Å². The molecule has 4 unspecified atom stereocenters. The van der Waals surface area contributed by atoms with Gasteiger partial charge in [0.2, 0.25) is 5.89 Å². The van der Waals surface area contributed by atoms with Gasteiger partial charge in [-0.1, -0.05) is 19.0 Å². The molecule has 0 aliphatic heterocycles. The molecule has 0 N–H and O–H groups in total. The number of rotatable bonds is 6. The lowest BCUT2D eigenvalue weighted by molar-refractivity contribution is -0.137. The summed E-state index contributed by atoms with van der Waals surface area (Å²) in [6.45, 7) is 6.08. The van der Waals surface area contributed by atoms with E-state index in [-0.39, 0.29) is 5.41 Å². The van der Waals surface area contributed by atoms with Crippen molar-refractivity contribution in [1.29, 1.82) is 0 Å². The van der Waals surface area contributed by atoms with E-state index in [1.54, 1.807) is 6.20 Å². The van der Waals surface area contributed by atoms with Gasteiger partial charge in [0.05, 0.1) is 18.5 Å². The first-order chi connectivity index (χ1) is 15.8. The van der Waals surface area contributed by atoms with Crippen molar-refractivity contribution < 1.29 is 14.0 Å². The summed E-state index contributed by atoms with van der Waals surface area (Å²) in [5.41, 5.74) is 1.62. The Morgan fingerprint density at radius 3 is 2.82 bits per heavy atom. The van der Waals surface area contributed by atoms with Crippen LogP contribution < -0.4 is 0 Å². The normalized spacial score (nSPS) is 39.4. The monoisotopic (exact) mass is 455 g/mol. The Morgan fingerprint density at radius 2 is 2.00 bits per heavy atom. The van der Waals surface area contributed by atoms with E-state index in [1.165, 1.54) is 31.4 Å². The fourth-order valence-corrected chi connectivity index (χ4v) is 8.00. The smallest absolute Gasteiger partial charge is 0.208 e. The molecular formula is C27H41N3O3. The fourth-order valence-electron chi connectivity index (χ4n) is 8.00. The minimum atomic E-state index is -0.0176. The molecule has 4 aliphatic rings. The Labute approximate surface area is 198 Å². The number of nitrogens with zero attached hydrogens (tertiary/aromatic N) is 3. The molecule has 6 heteroatoms. The summed E-state index contributed by atoms with van der Waals surface area (Å²) in [6, 6.07) is 0. The van der Waals surface area contributed by atoms with Gasteiger partial charge in [-0.3, -0.25) is 4.79 Å². The van der Waals surface area contributed by atoms with Crippen molar-refractivity contribution in [2.75, 3.05) is 20.7 Å². The molecule has 4 fully saturated rings. The first kappa shape index (κ1) is 23.1. The number of hydrogen-bond donors (Lipinski definition) is 0. The van der Waals surface area contributed by atoms with Crippen molar-refractivity contribution in [3.05, 3.63) is 17.8 Å². The molecule has 5 rings (SSSR count). The van der Waals surface area contributed by atoms with Gasteiger partial charge in [-0.05, 0) is 94.5 Å². The van der Waals surface area contributed by atoms with Crippen LogP contribution in [0, 0.1) is 34.5 Å². The number of hydrogen-bond acceptors (Lipinski definition) is 6. The van der Waals surface area contributed by atoms with Crippen LogP contribution in [0.15, 0.2) is 15.8 Å². The van der Waals surface area contributed by atoms with E-state index in [0.29, 0.717) is 42.6 Å². The van der Waals surface area contributed by atoms with E-state index in [9.17, 15) is 4.79 Å². The molecule has 1 aromatic heterocycles. The molecule has 0 spiro atoms. The standard InChI is InChI=1S/C27H41N3O3/c1-26-12-9-19(29-32-14-11-20-16-28-25(33-20)17-30(3)4)15-18(26)5-6-21-22-7-8-24(31)27(22,2)13-10-23(21)26/h16,18,21-23H,5-15,17H2,1-4H3/b29-19-/t18?,21?,22?,23?,26-,27-/m0/s1. The van der Waals surface area contributed by atoms with Crippen molar-refractivity contribution >= 4 is 11.5 Å². The minimum absolute atomic E-state index is 0.0176. The van der Waals surface area contributed by atoms with Crippen molar-refractivity contribution in [2.45, 2.75) is 84.6 Å². The molecule has 0 amide bonds. The lowest BCUT2D eigenvalue weighted by atomic mass is 9.45. The molecule has 0 bridgehead atoms. The summed E-state index contributed by atoms with van der Waals surface area (Å²) in [5, 5.41) is 4.56. The Kier molecular flexibility index (Phi) is 6.17. The van der Waals surface area contributed by atoms with Gasteiger partial charge in [-0.2, -0.15) is 0 Å². The average molecular weight is 456 g/mol. The zero-order valence-electron chi connectivity index (χ0n) is 20.9. The second kappa shape index (κ2) is 8.83. The van der Waals surface area contributed by atoms with Gasteiger partial charge in [0.15, 0.2) is 0 Å². The SMILES string of the molecule is CN(C)Cc1ncc(CCO/N=C2/CC[C@@]3(C)C(CCC4C3CC[C@]3(C)C(=O)CCC43)C2)o1. The van der Waals surface area contributed by atoms with E-state index < -0.39 is 0 Å². The molecule has 6 nitrogen and oxygen atoms in total. The van der Waals surface area contributed by atoms with Gasteiger partial charge in [-0.25, -0.2) is 4.98 Å². The van der Waals surface area contributed by atoms with Crippen LogP contribution in [-0.2, 0) is 22.6 Å². The van der Waals surface area contributed by atoms with E-state index in [1.807, 2.05) is 19.0 Å². The van der Waals surface area contributed by atoms with Crippen LogP contribution in [0.25, 0.3) is 0 Å². The van der Waals surface area contributed by atoms with Crippen molar-refractivity contribution in [1.82, 2.24) is 9.88 Å². The number of carbonyl (C=O) groups excluding carboxylic acids is 1. The third kappa shape index (κ3) is 4.17. The number of ketones is 1. The molecule has 0 radical (unpaired) electrons. The van der Waals surface area contributed by atoms with Crippen LogP contribution in [0.5, 0.6) is 0 Å². The lowest BCUT2D eigenvalue weighted by Crippen LogP contribution is -2.53. The molecule has 1 aromatic rings. The van der Waals surface area contributed by atoms with Crippen molar-refractivity contribution in [3.63, 3.8) is 0 Å². The topological polar surface area (TPSA) is 67.9 Å². The van der Waals surface area contributed by atoms with Gasteiger partial charge in [0.25, 0.3) is 0 Å². The number of carbonyl (C=O) groups is 1. The number of oxazole rings is 1. The maximum Gasteiger partial charge on any atom is 0.208 e. The summed E-state index contributed by atoms with van der Waals surface area (Å²) in [5.74, 6) is 5.03. The molecule has 4 aliphatic carbocycles. The van der Waals surface area contributed by atoms with Gasteiger partial charge in [-0.15, -0.1) is 0 Å². The molecule has 6 atom stereocenters. The summed E-state index contributed by atoms with van der Waals surface area (Å²) in [4.78, 5) is 24.7. The molecular weight excluding hydrogens is 414 g/mol. The summed E-state index contributed by atoms with van der Waals surface area (Å²) in [7, 11) is 4.01. The fraction of sp³-hybridized carbons (Fsp3) is 0.815. The van der Waals surface area contributed by atoms with Crippen molar-refractivity contribution in [3.8, 4) is 0 Å². The van der Waals surface area contributed by atoms with Gasteiger partial charge >= 0.3 is 0 Å². The average Bonchev–Trinajstić information content (AvgIpc) is 3.34. The van der Waals surface area contributed by atoms with Crippen LogP contribution >= 0.6 is 0 Å². The third-order valence-corrected chi connectivity index (χ3v) is 9.89. The molecule has 4 saturated carbocycles. The highest BCUT2D eigenvalue weighted by atomic mass is 16.6. The first-order valence-corrected chi connectivity index (χ1v) is 13.1. The Bertz CT molecular complexity index is 908. The van der Waals surface area contributed by atoms with Gasteiger partial charge in [0, 0.05) is 18.3 Å². The highest BCUT2D eigenvalue weighted by Gasteiger charge is 2.60. The highest BCUT2D eigenvalue weighted by molar-refractivity contribution is 5.87. The molecule has 33 heavy (non-hydrogen) atoms. The zero-order valence-corrected chi connectivity index (χ0v) is 20.9. The predicted octanol–water partition coefficient (Wildman–Crippen LogP) is 5.26. The summed E-state index contributed by atoms with van der Waals surface area (Å²) < 4.78 is 5.76. The Hall–Kier alpha value is -1.69. The van der Waals surface area contributed by atoms with E-state index in [2.05, 4.69) is 24.0 Å².